The van der Waals surface area contributed by atoms with Crippen LogP contribution in [0.3, 0.4) is 0 Å². The number of aliphatic hydroxyl groups excluding tert-OH is 1. The molecule has 1 atom stereocenters. The van der Waals surface area contributed by atoms with Crippen molar-refractivity contribution < 1.29 is 9.90 Å². The van der Waals surface area contributed by atoms with Crippen molar-refractivity contribution in [1.82, 2.24) is 9.88 Å². The minimum atomic E-state index is -0.0422. The number of aromatic nitrogens is 1. The van der Waals surface area contributed by atoms with E-state index in [0.29, 0.717) is 5.56 Å². The topological polar surface area (TPSA) is 53.4 Å². The monoisotopic (exact) mass is 256 g/mol. The van der Waals surface area contributed by atoms with Gasteiger partial charge in [0.25, 0.3) is 5.91 Å². The van der Waals surface area contributed by atoms with Crippen molar-refractivity contribution in [3.8, 4) is 0 Å². The SMILES string of the molecule is O=C(c1ccnc2ccccc12)N1CCC[C@@H]1CO. The number of amides is 1. The lowest BCUT2D eigenvalue weighted by Gasteiger charge is -2.23. The molecule has 1 aliphatic rings. The molecule has 4 heteroatoms. The first-order valence-corrected chi connectivity index (χ1v) is 6.57. The molecule has 98 valence electrons. The van der Waals surface area contributed by atoms with Crippen molar-refractivity contribution in [3.63, 3.8) is 0 Å². The summed E-state index contributed by atoms with van der Waals surface area (Å²) >= 11 is 0. The van der Waals surface area contributed by atoms with Gasteiger partial charge >= 0.3 is 0 Å². The molecule has 2 heterocycles. The number of hydrogen-bond donors (Lipinski definition) is 1. The molecule has 0 saturated carbocycles. The molecular formula is C15H16N2O2. The predicted molar refractivity (Wildman–Crippen MR) is 72.9 cm³/mol. The number of pyridine rings is 1. The first kappa shape index (κ1) is 12.1. The molecule has 1 aromatic carbocycles. The van der Waals surface area contributed by atoms with Gasteiger partial charge in [-0.05, 0) is 25.0 Å². The summed E-state index contributed by atoms with van der Waals surface area (Å²) < 4.78 is 0. The molecule has 2 aromatic rings. The maximum absolute atomic E-state index is 12.6. The number of hydrogen-bond acceptors (Lipinski definition) is 3. The molecule has 1 fully saturated rings. The van der Waals surface area contributed by atoms with E-state index in [9.17, 15) is 9.90 Å². The quantitative estimate of drug-likeness (QED) is 0.892. The van der Waals surface area contributed by atoms with Crippen molar-refractivity contribution >= 4 is 16.8 Å². The van der Waals surface area contributed by atoms with Crippen LogP contribution in [0.25, 0.3) is 10.9 Å². The standard InChI is InChI=1S/C15H16N2O2/c18-10-11-4-3-9-17(11)15(19)13-7-8-16-14-6-2-1-5-12(13)14/h1-2,5-8,11,18H,3-4,9-10H2/t11-/m1/s1. The van der Waals surface area contributed by atoms with E-state index in [4.69, 9.17) is 0 Å². The summed E-state index contributed by atoms with van der Waals surface area (Å²) in [7, 11) is 0. The Bertz CT molecular complexity index is 607. The highest BCUT2D eigenvalue weighted by Gasteiger charge is 2.29. The summed E-state index contributed by atoms with van der Waals surface area (Å²) in [5.74, 6) is -0.00449. The van der Waals surface area contributed by atoms with Crippen LogP contribution in [-0.4, -0.2) is 40.1 Å². The van der Waals surface area contributed by atoms with Crippen molar-refractivity contribution in [2.75, 3.05) is 13.2 Å². The normalized spacial score (nSPS) is 19.0. The highest BCUT2D eigenvalue weighted by molar-refractivity contribution is 6.06. The Hall–Kier alpha value is -1.94. The largest absolute Gasteiger partial charge is 0.394 e. The highest BCUT2D eigenvalue weighted by Crippen LogP contribution is 2.23. The van der Waals surface area contributed by atoms with Crippen molar-refractivity contribution in [1.29, 1.82) is 0 Å². The van der Waals surface area contributed by atoms with Gasteiger partial charge in [-0.15, -0.1) is 0 Å². The number of carbonyl (C=O) groups excluding carboxylic acids is 1. The first-order valence-electron chi connectivity index (χ1n) is 6.57. The van der Waals surface area contributed by atoms with E-state index in [1.807, 2.05) is 24.3 Å². The van der Waals surface area contributed by atoms with Crippen LogP contribution in [-0.2, 0) is 0 Å². The summed E-state index contributed by atoms with van der Waals surface area (Å²) in [6.07, 6.45) is 3.50. The lowest BCUT2D eigenvalue weighted by Crippen LogP contribution is -2.37. The summed E-state index contributed by atoms with van der Waals surface area (Å²) in [6.45, 7) is 0.759. The van der Waals surface area contributed by atoms with Crippen LogP contribution in [0.4, 0.5) is 0 Å². The fraction of sp³-hybridized carbons (Fsp3) is 0.333. The van der Waals surface area contributed by atoms with Gasteiger partial charge in [-0.3, -0.25) is 9.78 Å². The average molecular weight is 256 g/mol. The van der Waals surface area contributed by atoms with E-state index in [2.05, 4.69) is 4.98 Å². The van der Waals surface area contributed by atoms with Crippen LogP contribution in [0.15, 0.2) is 36.5 Å². The lowest BCUT2D eigenvalue weighted by atomic mass is 10.1. The Morgan fingerprint density at radius 1 is 1.37 bits per heavy atom. The Labute approximate surface area is 111 Å². The van der Waals surface area contributed by atoms with Gasteiger partial charge in [0, 0.05) is 18.1 Å². The van der Waals surface area contributed by atoms with Crippen LogP contribution in [0.1, 0.15) is 23.2 Å². The summed E-state index contributed by atoms with van der Waals surface area (Å²) in [4.78, 5) is 18.7. The van der Waals surface area contributed by atoms with Gasteiger partial charge < -0.3 is 10.0 Å². The van der Waals surface area contributed by atoms with Crippen molar-refractivity contribution in [3.05, 3.63) is 42.1 Å². The third-order valence-electron chi connectivity index (χ3n) is 3.73. The second-order valence-corrected chi connectivity index (χ2v) is 4.85. The van der Waals surface area contributed by atoms with E-state index >= 15 is 0 Å². The zero-order valence-electron chi connectivity index (χ0n) is 10.6. The average Bonchev–Trinajstić information content (AvgIpc) is 2.94. The minimum absolute atomic E-state index is 0.00449. The molecule has 1 aromatic heterocycles. The molecule has 0 bridgehead atoms. The van der Waals surface area contributed by atoms with E-state index < -0.39 is 0 Å². The van der Waals surface area contributed by atoms with Gasteiger partial charge in [0.1, 0.15) is 0 Å². The maximum Gasteiger partial charge on any atom is 0.254 e. The maximum atomic E-state index is 12.6. The van der Waals surface area contributed by atoms with Gasteiger partial charge in [-0.25, -0.2) is 0 Å². The van der Waals surface area contributed by atoms with Crippen molar-refractivity contribution in [2.24, 2.45) is 0 Å². The fourth-order valence-corrected chi connectivity index (χ4v) is 2.73. The Kier molecular flexibility index (Phi) is 3.17. The van der Waals surface area contributed by atoms with E-state index in [0.717, 1.165) is 30.3 Å². The smallest absolute Gasteiger partial charge is 0.254 e. The summed E-state index contributed by atoms with van der Waals surface area (Å²) in [5, 5.41) is 10.2. The van der Waals surface area contributed by atoms with E-state index in [1.165, 1.54) is 0 Å². The number of aliphatic hydroxyl groups is 1. The Morgan fingerprint density at radius 3 is 3.05 bits per heavy atom. The zero-order valence-corrected chi connectivity index (χ0v) is 10.6. The Morgan fingerprint density at radius 2 is 2.21 bits per heavy atom. The number of para-hydroxylation sites is 1. The van der Waals surface area contributed by atoms with Gasteiger partial charge in [0.05, 0.1) is 23.7 Å². The van der Waals surface area contributed by atoms with Gasteiger partial charge in [0.2, 0.25) is 0 Å². The number of rotatable bonds is 2. The molecule has 1 aliphatic heterocycles. The van der Waals surface area contributed by atoms with Crippen LogP contribution in [0.2, 0.25) is 0 Å². The summed E-state index contributed by atoms with van der Waals surface area (Å²) in [5.41, 5.74) is 1.50. The third-order valence-corrected chi connectivity index (χ3v) is 3.73. The van der Waals surface area contributed by atoms with Crippen LogP contribution >= 0.6 is 0 Å². The first-order chi connectivity index (χ1) is 9.31. The zero-order chi connectivity index (χ0) is 13.2. The molecule has 1 N–H and O–H groups in total. The second-order valence-electron chi connectivity index (χ2n) is 4.85. The molecule has 0 aliphatic carbocycles. The van der Waals surface area contributed by atoms with Gasteiger partial charge in [-0.2, -0.15) is 0 Å². The van der Waals surface area contributed by atoms with E-state index in [-0.39, 0.29) is 18.6 Å². The molecular weight excluding hydrogens is 240 g/mol. The molecule has 19 heavy (non-hydrogen) atoms. The molecule has 4 nitrogen and oxygen atoms in total. The number of nitrogens with zero attached hydrogens (tertiary/aromatic N) is 2. The predicted octanol–water partition coefficient (Wildman–Crippen LogP) is 1.83. The minimum Gasteiger partial charge on any atom is -0.394 e. The third kappa shape index (κ3) is 2.08. The molecule has 0 radical (unpaired) electrons. The summed E-state index contributed by atoms with van der Waals surface area (Å²) in [6, 6.07) is 9.36. The molecule has 3 rings (SSSR count). The molecule has 0 spiro atoms. The number of carbonyl (C=O) groups is 1. The fourth-order valence-electron chi connectivity index (χ4n) is 2.73. The molecule has 1 saturated heterocycles. The van der Waals surface area contributed by atoms with Gasteiger partial charge in [0.15, 0.2) is 0 Å². The number of benzene rings is 1. The van der Waals surface area contributed by atoms with Crippen molar-refractivity contribution in [2.45, 2.75) is 18.9 Å². The van der Waals surface area contributed by atoms with Gasteiger partial charge in [-0.1, -0.05) is 18.2 Å². The molecule has 1 amide bonds. The van der Waals surface area contributed by atoms with E-state index in [1.54, 1.807) is 17.2 Å². The van der Waals surface area contributed by atoms with Crippen LogP contribution in [0.5, 0.6) is 0 Å². The highest BCUT2D eigenvalue weighted by atomic mass is 16.3. The number of fused-ring (bicyclic) bond motifs is 1. The number of likely N-dealkylation sites (tertiary alicyclic amines) is 1. The van der Waals surface area contributed by atoms with Crippen LogP contribution in [0, 0.1) is 0 Å². The second kappa shape index (κ2) is 4.97. The lowest BCUT2D eigenvalue weighted by molar-refractivity contribution is 0.0679. The van der Waals surface area contributed by atoms with Crippen LogP contribution < -0.4 is 0 Å². The Balaban J connectivity index is 2.02. The molecule has 0 unspecified atom stereocenters.